The van der Waals surface area contributed by atoms with Gasteiger partial charge in [-0.2, -0.15) is 0 Å². The summed E-state index contributed by atoms with van der Waals surface area (Å²) in [4.78, 5) is 38.5. The van der Waals surface area contributed by atoms with Crippen LogP contribution in [0.3, 0.4) is 0 Å². The van der Waals surface area contributed by atoms with Crippen molar-refractivity contribution in [2.45, 2.75) is 26.3 Å². The molecule has 0 saturated carbocycles. The maximum Gasteiger partial charge on any atom is 0.305 e. The van der Waals surface area contributed by atoms with Gasteiger partial charge in [-0.3, -0.25) is 14.4 Å². The molecule has 0 atom stereocenters. The summed E-state index contributed by atoms with van der Waals surface area (Å²) in [5.74, 6) is -1.44. The van der Waals surface area contributed by atoms with Crippen LogP contribution in [0.1, 0.15) is 29.9 Å². The number of rotatable bonds is 7. The van der Waals surface area contributed by atoms with E-state index in [1.54, 1.807) is 19.2 Å². The monoisotopic (exact) mass is 390 g/mol. The highest BCUT2D eigenvalue weighted by Crippen LogP contribution is 2.23. The van der Waals surface area contributed by atoms with Gasteiger partial charge in [-0.25, -0.2) is 0 Å². The fourth-order valence-electron chi connectivity index (χ4n) is 1.87. The minimum atomic E-state index is -0.952. The zero-order valence-electron chi connectivity index (χ0n) is 12.7. The number of hydrogen-bond donors (Lipinski definition) is 1. The molecule has 22 heavy (non-hydrogen) atoms. The standard InChI is InChI=1S/C14H19BrN2O4S/c1-9(2)17(7-6-13(19)20)12(18)8-16(3)14(21)10-4-5-11(15)22-10/h4-5,9H,6-8H2,1-3H3,(H,19,20). The molecule has 0 aliphatic rings. The van der Waals surface area contributed by atoms with Crippen LogP contribution in [-0.2, 0) is 9.59 Å². The van der Waals surface area contributed by atoms with Gasteiger partial charge in [0.1, 0.15) is 0 Å². The van der Waals surface area contributed by atoms with Crippen LogP contribution < -0.4 is 0 Å². The lowest BCUT2D eigenvalue weighted by Crippen LogP contribution is -2.45. The van der Waals surface area contributed by atoms with Gasteiger partial charge in [-0.1, -0.05) is 0 Å². The van der Waals surface area contributed by atoms with Gasteiger partial charge in [0.2, 0.25) is 5.91 Å². The molecule has 0 unspecified atom stereocenters. The van der Waals surface area contributed by atoms with Crippen LogP contribution in [-0.4, -0.2) is 58.9 Å². The summed E-state index contributed by atoms with van der Waals surface area (Å²) in [6.45, 7) is 3.69. The van der Waals surface area contributed by atoms with E-state index in [0.29, 0.717) is 4.88 Å². The first-order chi connectivity index (χ1) is 10.2. The lowest BCUT2D eigenvalue weighted by molar-refractivity contribution is -0.139. The summed E-state index contributed by atoms with van der Waals surface area (Å²) >= 11 is 4.60. The highest BCUT2D eigenvalue weighted by Gasteiger charge is 2.22. The number of likely N-dealkylation sites (N-methyl/N-ethyl adjacent to an activating group) is 1. The van der Waals surface area contributed by atoms with Gasteiger partial charge >= 0.3 is 5.97 Å². The molecule has 0 aromatic carbocycles. The first-order valence-corrected chi connectivity index (χ1v) is 8.35. The molecule has 0 bridgehead atoms. The fourth-order valence-corrected chi connectivity index (χ4v) is 3.25. The maximum absolute atomic E-state index is 12.3. The third-order valence-electron chi connectivity index (χ3n) is 3.01. The van der Waals surface area contributed by atoms with Crippen LogP contribution in [0.2, 0.25) is 0 Å². The molecule has 1 aromatic heterocycles. The van der Waals surface area contributed by atoms with Crippen molar-refractivity contribution < 1.29 is 19.5 Å². The van der Waals surface area contributed by atoms with Crippen molar-refractivity contribution in [2.75, 3.05) is 20.1 Å². The molecule has 0 aliphatic carbocycles. The molecule has 0 radical (unpaired) electrons. The SMILES string of the molecule is CC(C)N(CCC(=O)O)C(=O)CN(C)C(=O)c1ccc(Br)s1. The molecule has 0 spiro atoms. The molecule has 2 amide bonds. The number of carbonyl (C=O) groups is 3. The van der Waals surface area contributed by atoms with Crippen LogP contribution >= 0.6 is 27.3 Å². The minimum absolute atomic E-state index is 0.0772. The zero-order valence-corrected chi connectivity index (χ0v) is 15.1. The van der Waals surface area contributed by atoms with Gasteiger partial charge in [0.05, 0.1) is 21.6 Å². The van der Waals surface area contributed by atoms with Crippen LogP contribution in [0.5, 0.6) is 0 Å². The molecule has 1 aromatic rings. The van der Waals surface area contributed by atoms with Gasteiger partial charge < -0.3 is 14.9 Å². The minimum Gasteiger partial charge on any atom is -0.481 e. The number of aliphatic carboxylic acids is 1. The van der Waals surface area contributed by atoms with Gasteiger partial charge in [0.15, 0.2) is 0 Å². The van der Waals surface area contributed by atoms with Gasteiger partial charge in [0.25, 0.3) is 5.91 Å². The molecule has 1 heterocycles. The van der Waals surface area contributed by atoms with E-state index in [0.717, 1.165) is 3.79 Å². The third kappa shape index (κ3) is 5.42. The normalized spacial score (nSPS) is 10.6. The number of carbonyl (C=O) groups excluding carboxylic acids is 2. The Hall–Kier alpha value is -1.41. The Bertz CT molecular complexity index is 559. The van der Waals surface area contributed by atoms with Crippen molar-refractivity contribution >= 4 is 45.1 Å². The quantitative estimate of drug-likeness (QED) is 0.774. The van der Waals surface area contributed by atoms with E-state index in [1.165, 1.54) is 21.1 Å². The summed E-state index contributed by atoms with van der Waals surface area (Å²) in [6, 6.07) is 3.36. The average Bonchev–Trinajstić information content (AvgIpc) is 2.83. The lowest BCUT2D eigenvalue weighted by atomic mass is 10.2. The number of nitrogens with zero attached hydrogens (tertiary/aromatic N) is 2. The van der Waals surface area contributed by atoms with E-state index in [1.807, 2.05) is 13.8 Å². The predicted octanol–water partition coefficient (Wildman–Crippen LogP) is 2.29. The molecule has 1 rings (SSSR count). The second kappa shape index (κ2) is 8.28. The second-order valence-corrected chi connectivity index (χ2v) is 7.55. The Labute approximate surface area is 141 Å². The van der Waals surface area contributed by atoms with E-state index >= 15 is 0 Å². The maximum atomic E-state index is 12.3. The van der Waals surface area contributed by atoms with Crippen LogP contribution in [0.25, 0.3) is 0 Å². The summed E-state index contributed by atoms with van der Waals surface area (Å²) in [6.07, 6.45) is -0.112. The fraction of sp³-hybridized carbons (Fsp3) is 0.500. The lowest BCUT2D eigenvalue weighted by Gasteiger charge is -2.28. The van der Waals surface area contributed by atoms with Crippen molar-refractivity contribution in [2.24, 2.45) is 0 Å². The van der Waals surface area contributed by atoms with Gasteiger partial charge in [-0.05, 0) is 41.9 Å². The average molecular weight is 391 g/mol. The molecule has 0 saturated heterocycles. The number of halogens is 1. The second-order valence-electron chi connectivity index (χ2n) is 5.09. The van der Waals surface area contributed by atoms with E-state index in [9.17, 15) is 14.4 Å². The molecule has 8 heteroatoms. The van der Waals surface area contributed by atoms with E-state index < -0.39 is 5.97 Å². The third-order valence-corrected chi connectivity index (χ3v) is 4.63. The number of carboxylic acids is 1. The zero-order chi connectivity index (χ0) is 16.9. The largest absolute Gasteiger partial charge is 0.481 e. The first kappa shape index (κ1) is 18.6. The Morgan fingerprint density at radius 3 is 2.41 bits per heavy atom. The van der Waals surface area contributed by atoms with Crippen molar-refractivity contribution in [3.63, 3.8) is 0 Å². The molecule has 0 fully saturated rings. The molecule has 122 valence electrons. The molecule has 6 nitrogen and oxygen atoms in total. The molecule has 1 N–H and O–H groups in total. The summed E-state index contributed by atoms with van der Waals surface area (Å²) in [5.41, 5.74) is 0. The smallest absolute Gasteiger partial charge is 0.305 e. The Balaban J connectivity index is 2.67. The van der Waals surface area contributed by atoms with Crippen molar-refractivity contribution in [3.05, 3.63) is 20.8 Å². The van der Waals surface area contributed by atoms with Gasteiger partial charge in [-0.15, -0.1) is 11.3 Å². The number of carboxylic acid groups (broad SMARTS) is 1. The van der Waals surface area contributed by atoms with Crippen LogP contribution in [0, 0.1) is 0 Å². The predicted molar refractivity (Wildman–Crippen MR) is 88.1 cm³/mol. The number of hydrogen-bond acceptors (Lipinski definition) is 4. The Morgan fingerprint density at radius 2 is 1.95 bits per heavy atom. The summed E-state index contributed by atoms with van der Waals surface area (Å²) in [5, 5.41) is 8.74. The van der Waals surface area contributed by atoms with Gasteiger partial charge in [0, 0.05) is 19.6 Å². The molecule has 0 aliphatic heterocycles. The van der Waals surface area contributed by atoms with Crippen LogP contribution in [0.15, 0.2) is 15.9 Å². The van der Waals surface area contributed by atoms with Crippen molar-refractivity contribution in [1.82, 2.24) is 9.80 Å². The molecular formula is C14H19BrN2O4S. The first-order valence-electron chi connectivity index (χ1n) is 6.74. The highest BCUT2D eigenvalue weighted by molar-refractivity contribution is 9.11. The summed E-state index contributed by atoms with van der Waals surface area (Å²) in [7, 11) is 1.56. The number of amides is 2. The van der Waals surface area contributed by atoms with Crippen molar-refractivity contribution in [1.29, 1.82) is 0 Å². The Kier molecular flexibility index (Phi) is 7.02. The summed E-state index contributed by atoms with van der Waals surface area (Å²) < 4.78 is 0.848. The number of thiophene rings is 1. The van der Waals surface area contributed by atoms with E-state index in [4.69, 9.17) is 5.11 Å². The van der Waals surface area contributed by atoms with Crippen molar-refractivity contribution in [3.8, 4) is 0 Å². The van der Waals surface area contributed by atoms with E-state index in [-0.39, 0.29) is 37.4 Å². The Morgan fingerprint density at radius 1 is 1.32 bits per heavy atom. The van der Waals surface area contributed by atoms with Crippen LogP contribution in [0.4, 0.5) is 0 Å². The molecular weight excluding hydrogens is 372 g/mol. The topological polar surface area (TPSA) is 77.9 Å². The highest BCUT2D eigenvalue weighted by atomic mass is 79.9. The van der Waals surface area contributed by atoms with E-state index in [2.05, 4.69) is 15.9 Å².